The maximum Gasteiger partial charge on any atom is 0.435 e. The van der Waals surface area contributed by atoms with Crippen LogP contribution in [0.15, 0.2) is 114 Å². The van der Waals surface area contributed by atoms with Crippen molar-refractivity contribution >= 4 is 11.6 Å². The minimum atomic E-state index is -4.55. The van der Waals surface area contributed by atoms with Gasteiger partial charge in [-0.15, -0.1) is 0 Å². The van der Waals surface area contributed by atoms with Crippen LogP contribution in [-0.2, 0) is 6.18 Å². The molecule has 0 aliphatic carbocycles. The maximum atomic E-state index is 13.0. The van der Waals surface area contributed by atoms with Gasteiger partial charge in [0.05, 0.1) is 16.9 Å². The monoisotopic (exact) mass is 589 g/mol. The summed E-state index contributed by atoms with van der Waals surface area (Å²) in [6, 6.07) is 30.1. The van der Waals surface area contributed by atoms with Crippen LogP contribution >= 0.6 is 11.6 Å². The quantitative estimate of drug-likeness (QED) is 0.214. The number of hydrogen-bond acceptors (Lipinski definition) is 5. The summed E-state index contributed by atoms with van der Waals surface area (Å²) in [6.45, 7) is 1.90. The molecule has 0 spiro atoms. The Morgan fingerprint density at radius 2 is 1.31 bits per heavy atom. The van der Waals surface area contributed by atoms with E-state index in [1.807, 2.05) is 49.4 Å². The molecule has 6 nitrogen and oxygen atoms in total. The first-order valence-electron chi connectivity index (χ1n) is 12.6. The van der Waals surface area contributed by atoms with Crippen molar-refractivity contribution in [3.8, 4) is 50.8 Å². The molecule has 2 heterocycles. The summed E-state index contributed by atoms with van der Waals surface area (Å²) in [4.78, 5) is 0. The Morgan fingerprint density at radius 3 is 1.90 bits per heavy atom. The fourth-order valence-electron chi connectivity index (χ4n) is 4.27. The maximum absolute atomic E-state index is 13.0. The Morgan fingerprint density at radius 1 is 0.738 bits per heavy atom. The van der Waals surface area contributed by atoms with Crippen molar-refractivity contribution in [2.45, 2.75) is 13.1 Å². The number of aryl methyl sites for hydroxylation is 1. The van der Waals surface area contributed by atoms with Crippen molar-refractivity contribution < 1.29 is 27.9 Å². The number of nitrogens with zero attached hydrogens (tertiary/aromatic N) is 3. The normalized spacial score (nSPS) is 11.2. The first-order chi connectivity index (χ1) is 20.1. The first-order valence-corrected chi connectivity index (χ1v) is 13.0. The molecule has 2 N–H and O–H groups in total. The molecule has 0 radical (unpaired) electrons. The minimum Gasteiger partial charge on any atom is -0.508 e. The molecular weight excluding hydrogens is 567 g/mol. The van der Waals surface area contributed by atoms with Crippen molar-refractivity contribution in [3.63, 3.8) is 0 Å². The number of hydrogen-bond donors (Lipinski definition) is 2. The van der Waals surface area contributed by atoms with E-state index in [2.05, 4.69) is 10.3 Å². The van der Waals surface area contributed by atoms with Gasteiger partial charge in [-0.1, -0.05) is 59.2 Å². The lowest BCUT2D eigenvalue weighted by Crippen LogP contribution is -2.07. The summed E-state index contributed by atoms with van der Waals surface area (Å²) in [5.74, 6) is 1.05. The summed E-state index contributed by atoms with van der Waals surface area (Å²) >= 11 is 5.82. The molecule has 10 heteroatoms. The molecule has 0 aliphatic rings. The number of alkyl halides is 3. The highest BCUT2D eigenvalue weighted by Crippen LogP contribution is 2.35. The summed E-state index contributed by atoms with van der Waals surface area (Å²) in [5, 5.41) is 27.0. The molecule has 4 aromatic carbocycles. The number of rotatable bonds is 4. The Kier molecular flexibility index (Phi) is 8.04. The van der Waals surface area contributed by atoms with E-state index in [1.54, 1.807) is 36.4 Å². The van der Waals surface area contributed by atoms with Crippen LogP contribution in [0, 0.1) is 6.92 Å². The van der Waals surface area contributed by atoms with Gasteiger partial charge >= 0.3 is 6.18 Å². The average Bonchev–Trinajstić information content (AvgIpc) is 3.60. The summed E-state index contributed by atoms with van der Waals surface area (Å²) in [7, 11) is 0. The van der Waals surface area contributed by atoms with Gasteiger partial charge < -0.3 is 14.7 Å². The SMILES string of the molecule is Cc1onc(-c2ccc(O)cc2)c1-c1ccccc1.Oc1ccc(-n2nc(C(F)(F)F)cc2-c2ccc(Cl)cc2)cc1. The molecule has 0 amide bonds. The van der Waals surface area contributed by atoms with Gasteiger partial charge in [-0.25, -0.2) is 4.68 Å². The predicted octanol–water partition coefficient (Wildman–Crippen LogP) is 8.94. The molecule has 0 atom stereocenters. The van der Waals surface area contributed by atoms with E-state index >= 15 is 0 Å². The zero-order valence-electron chi connectivity index (χ0n) is 22.0. The van der Waals surface area contributed by atoms with Gasteiger partial charge in [-0.05, 0) is 79.2 Å². The lowest BCUT2D eigenvalue weighted by Gasteiger charge is -2.08. The van der Waals surface area contributed by atoms with E-state index in [9.17, 15) is 23.4 Å². The molecule has 0 bridgehead atoms. The zero-order valence-corrected chi connectivity index (χ0v) is 22.8. The number of aromatic hydroxyl groups is 2. The van der Waals surface area contributed by atoms with Crippen molar-refractivity contribution in [2.75, 3.05) is 0 Å². The van der Waals surface area contributed by atoms with Gasteiger partial charge in [-0.2, -0.15) is 18.3 Å². The third-order valence-electron chi connectivity index (χ3n) is 6.30. The number of halogens is 4. The first kappa shape index (κ1) is 28.5. The second-order valence-electron chi connectivity index (χ2n) is 9.22. The Hall–Kier alpha value is -5.02. The lowest BCUT2D eigenvalue weighted by atomic mass is 9.99. The highest BCUT2D eigenvalue weighted by atomic mass is 35.5. The molecular formula is C32H23ClF3N3O3. The molecule has 0 saturated heterocycles. The number of benzene rings is 4. The Balaban J connectivity index is 0.000000171. The van der Waals surface area contributed by atoms with E-state index < -0.39 is 11.9 Å². The van der Waals surface area contributed by atoms with Crippen LogP contribution in [0.1, 0.15) is 11.5 Å². The second kappa shape index (κ2) is 11.8. The predicted molar refractivity (Wildman–Crippen MR) is 154 cm³/mol. The fraction of sp³-hybridized carbons (Fsp3) is 0.0625. The van der Waals surface area contributed by atoms with Gasteiger partial charge in [0.15, 0.2) is 5.69 Å². The average molecular weight is 590 g/mol. The Bertz CT molecular complexity index is 1720. The van der Waals surface area contributed by atoms with Crippen molar-refractivity contribution in [1.82, 2.24) is 14.9 Å². The lowest BCUT2D eigenvalue weighted by molar-refractivity contribution is -0.141. The van der Waals surface area contributed by atoms with Gasteiger partial charge in [0.1, 0.15) is 23.0 Å². The van der Waals surface area contributed by atoms with Gasteiger partial charge in [0.2, 0.25) is 0 Å². The van der Waals surface area contributed by atoms with Crippen molar-refractivity contribution in [2.24, 2.45) is 0 Å². The van der Waals surface area contributed by atoms with Crippen LogP contribution in [0.25, 0.3) is 39.3 Å². The van der Waals surface area contributed by atoms with Crippen LogP contribution in [0.2, 0.25) is 5.02 Å². The van der Waals surface area contributed by atoms with Crippen LogP contribution in [0.3, 0.4) is 0 Å². The molecule has 6 rings (SSSR count). The van der Waals surface area contributed by atoms with E-state index in [4.69, 9.17) is 16.1 Å². The number of phenolic OH excluding ortho intramolecular Hbond substituents is 2. The smallest absolute Gasteiger partial charge is 0.435 e. The third-order valence-corrected chi connectivity index (χ3v) is 6.55. The summed E-state index contributed by atoms with van der Waals surface area (Å²) < 4.78 is 45.5. The molecule has 6 aromatic rings. The molecule has 0 unspecified atom stereocenters. The molecule has 0 fully saturated rings. The molecule has 2 aromatic heterocycles. The van der Waals surface area contributed by atoms with Crippen LogP contribution < -0.4 is 0 Å². The number of phenols is 2. The van der Waals surface area contributed by atoms with Gasteiger partial charge in [0.25, 0.3) is 0 Å². The largest absolute Gasteiger partial charge is 0.508 e. The van der Waals surface area contributed by atoms with Gasteiger partial charge in [-0.3, -0.25) is 0 Å². The van der Waals surface area contributed by atoms with Crippen LogP contribution in [0.4, 0.5) is 13.2 Å². The van der Waals surface area contributed by atoms with E-state index in [-0.39, 0.29) is 17.2 Å². The highest BCUT2D eigenvalue weighted by molar-refractivity contribution is 6.30. The minimum absolute atomic E-state index is 0.0185. The molecule has 0 saturated carbocycles. The zero-order chi connectivity index (χ0) is 29.9. The second-order valence-corrected chi connectivity index (χ2v) is 9.66. The van der Waals surface area contributed by atoms with Crippen LogP contribution in [-0.4, -0.2) is 25.2 Å². The van der Waals surface area contributed by atoms with Crippen LogP contribution in [0.5, 0.6) is 11.5 Å². The van der Waals surface area contributed by atoms with E-state index in [1.165, 1.54) is 28.9 Å². The molecule has 42 heavy (non-hydrogen) atoms. The van der Waals surface area contributed by atoms with Crippen molar-refractivity contribution in [1.29, 1.82) is 0 Å². The highest BCUT2D eigenvalue weighted by Gasteiger charge is 2.35. The third kappa shape index (κ3) is 6.31. The Labute approximate surface area is 243 Å². The topological polar surface area (TPSA) is 84.3 Å². The standard InChI is InChI=1S/C16H10ClF3N2O.C16H13NO2/c17-11-3-1-10(2-4-11)14-9-15(16(18,19)20)21-22(14)12-5-7-13(23)8-6-12;1-11-15(12-5-3-2-4-6-12)16(17-19-11)13-7-9-14(18)10-8-13/h1-9,23H;2-10,18H,1H3. The molecule has 0 aliphatic heterocycles. The molecule has 212 valence electrons. The van der Waals surface area contributed by atoms with Gasteiger partial charge in [0, 0.05) is 16.1 Å². The van der Waals surface area contributed by atoms with Crippen molar-refractivity contribution in [3.05, 3.63) is 126 Å². The number of aromatic nitrogens is 3. The summed E-state index contributed by atoms with van der Waals surface area (Å²) in [6.07, 6.45) is -4.55. The van der Waals surface area contributed by atoms with E-state index in [0.717, 1.165) is 34.2 Å². The summed E-state index contributed by atoms with van der Waals surface area (Å²) in [5.41, 5.74) is 4.02. The fourth-order valence-corrected chi connectivity index (χ4v) is 4.40. The van der Waals surface area contributed by atoms with E-state index in [0.29, 0.717) is 16.3 Å².